The highest BCUT2D eigenvalue weighted by Crippen LogP contribution is 2.38. The van der Waals surface area contributed by atoms with Gasteiger partial charge in [-0.2, -0.15) is 0 Å². The minimum absolute atomic E-state index is 0.0465. The summed E-state index contributed by atoms with van der Waals surface area (Å²) >= 11 is 6.06. The van der Waals surface area contributed by atoms with Crippen LogP contribution in [0.5, 0.6) is 0 Å². The monoisotopic (exact) mass is 380 g/mol. The topological polar surface area (TPSA) is 86.7 Å². The van der Waals surface area contributed by atoms with Crippen molar-refractivity contribution >= 4 is 29.4 Å². The Morgan fingerprint density at radius 2 is 2.00 bits per heavy atom. The van der Waals surface area contributed by atoms with Crippen LogP contribution >= 0.6 is 11.6 Å². The zero-order valence-electron chi connectivity index (χ0n) is 15.3. The number of carbonyl (C=O) groups is 3. The molecular weight excluding hydrogens is 356 g/mol. The van der Waals surface area contributed by atoms with Gasteiger partial charge in [-0.3, -0.25) is 14.4 Å². The summed E-state index contributed by atoms with van der Waals surface area (Å²) in [5, 5.41) is 12.8. The largest absolute Gasteiger partial charge is 0.481 e. The van der Waals surface area contributed by atoms with Crippen LogP contribution in [-0.2, 0) is 14.4 Å². The second-order valence-corrected chi connectivity index (χ2v) is 7.26. The summed E-state index contributed by atoms with van der Waals surface area (Å²) < 4.78 is 0. The molecule has 2 N–H and O–H groups in total. The van der Waals surface area contributed by atoms with Gasteiger partial charge in [0.2, 0.25) is 11.8 Å². The van der Waals surface area contributed by atoms with Crippen LogP contribution in [0.4, 0.5) is 0 Å². The molecule has 6 nitrogen and oxygen atoms in total. The molecule has 1 heterocycles. The molecule has 2 atom stereocenters. The van der Waals surface area contributed by atoms with Crippen molar-refractivity contribution in [2.75, 3.05) is 13.6 Å². The third-order valence-corrected chi connectivity index (χ3v) is 5.76. The quantitative estimate of drug-likeness (QED) is 0.761. The fourth-order valence-electron chi connectivity index (χ4n) is 3.52. The maximum atomic E-state index is 12.8. The third-order valence-electron chi connectivity index (χ3n) is 5.52. The van der Waals surface area contributed by atoms with Crippen LogP contribution in [0.15, 0.2) is 24.3 Å². The highest BCUT2D eigenvalue weighted by atomic mass is 35.5. The Kier molecular flexibility index (Phi) is 6.29. The van der Waals surface area contributed by atoms with E-state index >= 15 is 0 Å². The van der Waals surface area contributed by atoms with Crippen LogP contribution in [0.1, 0.15) is 44.7 Å². The Hall–Kier alpha value is -2.08. The van der Waals surface area contributed by atoms with E-state index in [1.165, 1.54) is 0 Å². The minimum atomic E-state index is -0.990. The molecule has 0 aromatic heterocycles. The van der Waals surface area contributed by atoms with E-state index in [0.717, 1.165) is 5.56 Å². The zero-order valence-corrected chi connectivity index (χ0v) is 16.0. The van der Waals surface area contributed by atoms with E-state index in [0.29, 0.717) is 17.9 Å². The molecule has 26 heavy (non-hydrogen) atoms. The number of hydrogen-bond donors (Lipinski definition) is 2. The Labute approximate surface area is 158 Å². The molecule has 7 heteroatoms. The summed E-state index contributed by atoms with van der Waals surface area (Å²) in [5.41, 5.74) is -0.197. The molecule has 1 aromatic carbocycles. The van der Waals surface area contributed by atoms with Gasteiger partial charge in [0, 0.05) is 25.0 Å². The number of rotatable bonds is 7. The SMILES string of the molecule is CCC(CC)(CNC(=O)[C@H]1CC(=O)N(C)[C@@H]1c1cccc(Cl)c1)C(=O)O. The van der Waals surface area contributed by atoms with Crippen molar-refractivity contribution in [1.29, 1.82) is 0 Å². The molecule has 0 spiro atoms. The molecule has 2 rings (SSSR count). The van der Waals surface area contributed by atoms with Gasteiger partial charge in [-0.1, -0.05) is 37.6 Å². The van der Waals surface area contributed by atoms with Crippen LogP contribution in [0.25, 0.3) is 0 Å². The fourth-order valence-corrected chi connectivity index (χ4v) is 3.72. The van der Waals surface area contributed by atoms with E-state index in [4.69, 9.17) is 11.6 Å². The average molecular weight is 381 g/mol. The first-order valence-electron chi connectivity index (χ1n) is 8.78. The molecule has 1 aromatic rings. The number of amides is 2. The van der Waals surface area contributed by atoms with E-state index in [2.05, 4.69) is 5.32 Å². The maximum Gasteiger partial charge on any atom is 0.311 e. The molecule has 0 unspecified atom stereocenters. The molecule has 1 fully saturated rings. The Balaban J connectivity index is 2.21. The van der Waals surface area contributed by atoms with Crippen molar-refractivity contribution < 1.29 is 19.5 Å². The Bertz CT molecular complexity index is 703. The summed E-state index contributed by atoms with van der Waals surface area (Å²) in [6.07, 6.45) is 0.929. The van der Waals surface area contributed by atoms with E-state index in [1.54, 1.807) is 44.0 Å². The highest BCUT2D eigenvalue weighted by molar-refractivity contribution is 6.30. The van der Waals surface area contributed by atoms with Gasteiger partial charge in [-0.25, -0.2) is 0 Å². The second kappa shape index (κ2) is 8.08. The molecule has 0 bridgehead atoms. The molecular formula is C19H25ClN2O4. The van der Waals surface area contributed by atoms with Crippen LogP contribution in [0.2, 0.25) is 5.02 Å². The predicted molar refractivity (Wildman–Crippen MR) is 98.7 cm³/mol. The average Bonchev–Trinajstić information content (AvgIpc) is 2.91. The molecule has 1 aliphatic heterocycles. The number of nitrogens with one attached hydrogen (secondary N) is 1. The van der Waals surface area contributed by atoms with Crippen molar-refractivity contribution in [2.45, 2.75) is 39.2 Å². The van der Waals surface area contributed by atoms with E-state index in [9.17, 15) is 19.5 Å². The normalized spacial score (nSPS) is 20.3. The first-order chi connectivity index (χ1) is 12.3. The Morgan fingerprint density at radius 1 is 1.35 bits per heavy atom. The van der Waals surface area contributed by atoms with E-state index < -0.39 is 23.3 Å². The highest BCUT2D eigenvalue weighted by Gasteiger charge is 2.44. The van der Waals surface area contributed by atoms with Gasteiger partial charge in [0.05, 0.1) is 17.4 Å². The number of carboxylic acids is 1. The molecule has 1 aliphatic rings. The summed E-state index contributed by atoms with van der Waals surface area (Å²) in [6.45, 7) is 3.64. The van der Waals surface area contributed by atoms with Crippen LogP contribution in [0, 0.1) is 11.3 Å². The van der Waals surface area contributed by atoms with Gasteiger partial charge in [0.25, 0.3) is 0 Å². The van der Waals surface area contributed by atoms with Gasteiger partial charge in [-0.15, -0.1) is 0 Å². The summed E-state index contributed by atoms with van der Waals surface area (Å²) in [6, 6.07) is 6.70. The minimum Gasteiger partial charge on any atom is -0.481 e. The molecule has 0 saturated carbocycles. The first-order valence-corrected chi connectivity index (χ1v) is 9.15. The number of benzene rings is 1. The van der Waals surface area contributed by atoms with E-state index in [-0.39, 0.29) is 24.8 Å². The number of nitrogens with zero attached hydrogens (tertiary/aromatic N) is 1. The lowest BCUT2D eigenvalue weighted by Gasteiger charge is -2.29. The summed E-state index contributed by atoms with van der Waals surface area (Å²) in [4.78, 5) is 38.2. The lowest BCUT2D eigenvalue weighted by Crippen LogP contribution is -2.44. The van der Waals surface area contributed by atoms with Gasteiger partial charge in [-0.05, 0) is 30.5 Å². The number of aliphatic carboxylic acids is 1. The number of carboxylic acid groups (broad SMARTS) is 1. The summed E-state index contributed by atoms with van der Waals surface area (Å²) in [5.74, 6) is -1.93. The van der Waals surface area contributed by atoms with Crippen LogP contribution in [0.3, 0.4) is 0 Å². The molecule has 142 valence electrons. The van der Waals surface area contributed by atoms with Crippen molar-refractivity contribution in [2.24, 2.45) is 11.3 Å². The van der Waals surface area contributed by atoms with Gasteiger partial charge >= 0.3 is 5.97 Å². The smallest absolute Gasteiger partial charge is 0.311 e. The van der Waals surface area contributed by atoms with Gasteiger partial charge in [0.1, 0.15) is 0 Å². The van der Waals surface area contributed by atoms with E-state index in [1.807, 2.05) is 6.07 Å². The number of carbonyl (C=O) groups excluding carboxylic acids is 2. The van der Waals surface area contributed by atoms with Crippen LogP contribution in [-0.4, -0.2) is 41.4 Å². The third kappa shape index (κ3) is 3.85. The molecule has 0 aliphatic carbocycles. The lowest BCUT2D eigenvalue weighted by atomic mass is 9.82. The standard InChI is InChI=1S/C19H25ClN2O4/c1-4-19(5-2,18(25)26)11-21-17(24)14-10-15(23)22(3)16(14)12-7-6-8-13(20)9-12/h6-9,14,16H,4-5,10-11H2,1-3H3,(H,21,24)(H,25,26)/t14-,16+/m0/s1. The van der Waals surface area contributed by atoms with Crippen molar-refractivity contribution in [3.05, 3.63) is 34.9 Å². The lowest BCUT2D eigenvalue weighted by molar-refractivity contribution is -0.149. The fraction of sp³-hybridized carbons (Fsp3) is 0.526. The molecule has 1 saturated heterocycles. The number of likely N-dealkylation sites (tertiary alicyclic amines) is 1. The summed E-state index contributed by atoms with van der Waals surface area (Å²) in [7, 11) is 1.67. The Morgan fingerprint density at radius 3 is 2.54 bits per heavy atom. The second-order valence-electron chi connectivity index (χ2n) is 6.83. The maximum absolute atomic E-state index is 12.8. The number of hydrogen-bond acceptors (Lipinski definition) is 3. The van der Waals surface area contributed by atoms with Crippen molar-refractivity contribution in [1.82, 2.24) is 10.2 Å². The van der Waals surface area contributed by atoms with Crippen molar-refractivity contribution in [3.8, 4) is 0 Å². The van der Waals surface area contributed by atoms with Gasteiger partial charge < -0.3 is 15.3 Å². The first kappa shape index (κ1) is 20.2. The molecule has 2 amide bonds. The predicted octanol–water partition coefficient (Wildman–Crippen LogP) is 2.87. The van der Waals surface area contributed by atoms with Crippen molar-refractivity contribution in [3.63, 3.8) is 0 Å². The zero-order chi connectivity index (χ0) is 19.5. The van der Waals surface area contributed by atoms with Crippen LogP contribution < -0.4 is 5.32 Å². The van der Waals surface area contributed by atoms with Gasteiger partial charge in [0.15, 0.2) is 0 Å². The molecule has 0 radical (unpaired) electrons. The number of halogens is 1.